The van der Waals surface area contributed by atoms with Crippen LogP contribution < -0.4 is 0 Å². The van der Waals surface area contributed by atoms with Crippen molar-refractivity contribution in [2.75, 3.05) is 0 Å². The predicted molar refractivity (Wildman–Crippen MR) is 219 cm³/mol. The molecule has 0 fully saturated rings. The van der Waals surface area contributed by atoms with E-state index in [0.29, 0.717) is 0 Å². The van der Waals surface area contributed by atoms with Gasteiger partial charge in [-0.05, 0) is 120 Å². The van der Waals surface area contributed by atoms with Gasteiger partial charge in [-0.15, -0.1) is 0 Å². The Morgan fingerprint density at radius 3 is 1.02 bits per heavy atom. The monoisotopic (exact) mass is 660 g/mol. The predicted octanol–water partition coefficient (Wildman–Crippen LogP) is 13.9. The summed E-state index contributed by atoms with van der Waals surface area (Å²) in [6.07, 6.45) is 2.23. The van der Waals surface area contributed by atoms with Gasteiger partial charge in [0.2, 0.25) is 0 Å². The molecule has 2 aromatic heterocycles. The van der Waals surface area contributed by atoms with Gasteiger partial charge in [0.15, 0.2) is 0 Å². The first-order valence-electron chi connectivity index (χ1n) is 18.5. The quantitative estimate of drug-likeness (QED) is 0.168. The van der Waals surface area contributed by atoms with Gasteiger partial charge in [0.05, 0.1) is 22.1 Å². The third-order valence-corrected chi connectivity index (χ3v) is 10.7. The average Bonchev–Trinajstić information content (AvgIpc) is 3.50. The standard InChI is InChI=1S/C48H56N2/c1-31-13-19-35(20-14-31)49-41-23-17-33(47(9,10)29-45(3,4)5)25-37(41)39-28-44-40(27-43(39)49)38-26-34(48(11,12)30-46(6,7)8)18-24-42(38)50(44)36-21-15-32(2)16-22-36/h13-28H,29-30H2,1-12H3. The minimum Gasteiger partial charge on any atom is -0.309 e. The molecular weight excluding hydrogens is 605 g/mol. The van der Waals surface area contributed by atoms with Gasteiger partial charge >= 0.3 is 0 Å². The van der Waals surface area contributed by atoms with Crippen LogP contribution in [-0.2, 0) is 10.8 Å². The summed E-state index contributed by atoms with van der Waals surface area (Å²) < 4.78 is 4.99. The van der Waals surface area contributed by atoms with Crippen LogP contribution in [0, 0.1) is 24.7 Å². The molecule has 0 aliphatic heterocycles. The number of hydrogen-bond acceptors (Lipinski definition) is 0. The van der Waals surface area contributed by atoms with Crippen molar-refractivity contribution < 1.29 is 0 Å². The van der Waals surface area contributed by atoms with Gasteiger partial charge < -0.3 is 9.13 Å². The summed E-state index contributed by atoms with van der Waals surface area (Å²) in [6.45, 7) is 28.1. The SMILES string of the molecule is Cc1ccc(-n2c3ccc(C(C)(C)CC(C)(C)C)cc3c3cc4c(cc32)c2cc(C(C)(C)CC(C)(C)C)ccc2n4-c2ccc(C)cc2)cc1. The lowest BCUT2D eigenvalue weighted by Crippen LogP contribution is -2.24. The molecule has 0 saturated carbocycles. The molecule has 0 spiro atoms. The fourth-order valence-corrected chi connectivity index (χ4v) is 9.17. The maximum absolute atomic E-state index is 2.49. The summed E-state index contributed by atoms with van der Waals surface area (Å²) in [4.78, 5) is 0. The third kappa shape index (κ3) is 6.16. The van der Waals surface area contributed by atoms with Gasteiger partial charge in [-0.3, -0.25) is 0 Å². The Bertz CT molecular complexity index is 2200. The van der Waals surface area contributed by atoms with Crippen LogP contribution in [0.5, 0.6) is 0 Å². The Labute approximate surface area is 300 Å². The van der Waals surface area contributed by atoms with Crippen molar-refractivity contribution in [3.05, 3.63) is 119 Å². The lowest BCUT2D eigenvalue weighted by molar-refractivity contribution is 0.284. The molecule has 0 N–H and O–H groups in total. The van der Waals surface area contributed by atoms with Crippen molar-refractivity contribution in [2.24, 2.45) is 10.8 Å². The van der Waals surface area contributed by atoms with Gasteiger partial charge in [0.1, 0.15) is 0 Å². The van der Waals surface area contributed by atoms with Crippen molar-refractivity contribution in [1.82, 2.24) is 9.13 Å². The number of aryl methyl sites for hydroxylation is 2. The van der Waals surface area contributed by atoms with Crippen molar-refractivity contribution in [3.63, 3.8) is 0 Å². The number of benzene rings is 5. The Kier molecular flexibility index (Phi) is 7.94. The number of nitrogens with zero attached hydrogens (tertiary/aromatic N) is 2. The van der Waals surface area contributed by atoms with E-state index in [4.69, 9.17) is 0 Å². The summed E-state index contributed by atoms with van der Waals surface area (Å²) in [5.74, 6) is 0. The topological polar surface area (TPSA) is 9.86 Å². The molecule has 7 rings (SSSR count). The van der Waals surface area contributed by atoms with E-state index in [1.54, 1.807) is 0 Å². The molecule has 0 bridgehead atoms. The lowest BCUT2D eigenvalue weighted by atomic mass is 9.72. The van der Waals surface area contributed by atoms with Crippen LogP contribution in [0.3, 0.4) is 0 Å². The fourth-order valence-electron chi connectivity index (χ4n) is 9.17. The Hall–Kier alpha value is -4.30. The van der Waals surface area contributed by atoms with Gasteiger partial charge in [-0.2, -0.15) is 0 Å². The summed E-state index contributed by atoms with van der Waals surface area (Å²) in [5.41, 5.74) is 13.3. The second-order valence-corrected chi connectivity index (χ2v) is 18.9. The Morgan fingerprint density at radius 1 is 0.380 bits per heavy atom. The second-order valence-electron chi connectivity index (χ2n) is 18.9. The highest BCUT2D eigenvalue weighted by atomic mass is 15.0. The molecule has 0 radical (unpaired) electrons. The molecule has 0 atom stereocenters. The van der Waals surface area contributed by atoms with E-state index in [1.165, 1.54) is 77.2 Å². The minimum absolute atomic E-state index is 0.0435. The summed E-state index contributed by atoms with van der Waals surface area (Å²) in [5, 5.41) is 5.22. The minimum atomic E-state index is 0.0435. The fraction of sp³-hybridized carbons (Fsp3) is 0.375. The summed E-state index contributed by atoms with van der Waals surface area (Å²) in [6, 6.07) is 37.5. The summed E-state index contributed by atoms with van der Waals surface area (Å²) >= 11 is 0. The van der Waals surface area contributed by atoms with Gasteiger partial charge in [0, 0.05) is 32.9 Å². The van der Waals surface area contributed by atoms with Crippen LogP contribution in [0.15, 0.2) is 97.1 Å². The highest BCUT2D eigenvalue weighted by Crippen LogP contribution is 2.44. The molecule has 2 heterocycles. The average molecular weight is 661 g/mol. The number of aromatic nitrogens is 2. The largest absolute Gasteiger partial charge is 0.309 e. The van der Waals surface area contributed by atoms with E-state index in [2.05, 4.69) is 189 Å². The van der Waals surface area contributed by atoms with Crippen molar-refractivity contribution in [1.29, 1.82) is 0 Å². The third-order valence-electron chi connectivity index (χ3n) is 10.7. The van der Waals surface area contributed by atoms with Crippen molar-refractivity contribution >= 4 is 43.6 Å². The smallest absolute Gasteiger partial charge is 0.0548 e. The Balaban J connectivity index is 1.59. The zero-order valence-corrected chi connectivity index (χ0v) is 32.5. The number of fused-ring (bicyclic) bond motifs is 6. The molecule has 2 heteroatoms. The van der Waals surface area contributed by atoms with Gasteiger partial charge in [-0.1, -0.05) is 117 Å². The first kappa shape index (κ1) is 34.2. The van der Waals surface area contributed by atoms with E-state index < -0.39 is 0 Å². The molecule has 50 heavy (non-hydrogen) atoms. The van der Waals surface area contributed by atoms with Crippen molar-refractivity contribution in [2.45, 2.75) is 107 Å². The zero-order valence-electron chi connectivity index (χ0n) is 32.5. The number of hydrogen-bond donors (Lipinski definition) is 0. The normalized spacial score (nSPS) is 13.4. The van der Waals surface area contributed by atoms with Crippen LogP contribution in [0.4, 0.5) is 0 Å². The highest BCUT2D eigenvalue weighted by molar-refractivity contribution is 6.19. The van der Waals surface area contributed by atoms with Gasteiger partial charge in [-0.25, -0.2) is 0 Å². The molecular formula is C48H56N2. The van der Waals surface area contributed by atoms with Crippen LogP contribution in [0.25, 0.3) is 55.0 Å². The second kappa shape index (κ2) is 11.6. The molecule has 5 aromatic carbocycles. The van der Waals surface area contributed by atoms with Crippen LogP contribution in [0.1, 0.15) is 104 Å². The van der Waals surface area contributed by atoms with E-state index in [0.717, 1.165) is 12.8 Å². The first-order valence-corrected chi connectivity index (χ1v) is 18.5. The first-order chi connectivity index (χ1) is 23.3. The maximum atomic E-state index is 2.49. The van der Waals surface area contributed by atoms with Crippen LogP contribution in [0.2, 0.25) is 0 Å². The van der Waals surface area contributed by atoms with E-state index in [1.807, 2.05) is 0 Å². The van der Waals surface area contributed by atoms with Crippen LogP contribution in [-0.4, -0.2) is 9.13 Å². The molecule has 0 aliphatic carbocycles. The van der Waals surface area contributed by atoms with E-state index in [9.17, 15) is 0 Å². The summed E-state index contributed by atoms with van der Waals surface area (Å²) in [7, 11) is 0. The Morgan fingerprint density at radius 2 is 0.700 bits per heavy atom. The molecule has 2 nitrogen and oxygen atoms in total. The van der Waals surface area contributed by atoms with Crippen molar-refractivity contribution in [3.8, 4) is 11.4 Å². The van der Waals surface area contributed by atoms with Crippen LogP contribution >= 0.6 is 0 Å². The molecule has 258 valence electrons. The van der Waals surface area contributed by atoms with E-state index in [-0.39, 0.29) is 21.7 Å². The molecule has 0 saturated heterocycles. The zero-order chi connectivity index (χ0) is 36.0. The lowest BCUT2D eigenvalue weighted by Gasteiger charge is -2.33. The number of rotatable bonds is 6. The molecule has 7 aromatic rings. The van der Waals surface area contributed by atoms with Gasteiger partial charge in [0.25, 0.3) is 0 Å². The maximum Gasteiger partial charge on any atom is 0.0548 e. The van der Waals surface area contributed by atoms with E-state index >= 15 is 0 Å². The molecule has 0 unspecified atom stereocenters. The highest BCUT2D eigenvalue weighted by Gasteiger charge is 2.30. The molecule has 0 amide bonds. The molecule has 0 aliphatic rings.